The lowest BCUT2D eigenvalue weighted by Gasteiger charge is -2.38. The van der Waals surface area contributed by atoms with Crippen molar-refractivity contribution in [2.75, 3.05) is 4.90 Å². The fourth-order valence-corrected chi connectivity index (χ4v) is 4.08. The molecule has 0 aliphatic rings. The van der Waals surface area contributed by atoms with Gasteiger partial charge in [0.05, 0.1) is 0 Å². The van der Waals surface area contributed by atoms with Crippen molar-refractivity contribution in [3.63, 3.8) is 0 Å². The van der Waals surface area contributed by atoms with Gasteiger partial charge in [-0.3, -0.25) is 0 Å². The first-order chi connectivity index (χ1) is 14.5. The molecule has 3 aromatic carbocycles. The summed E-state index contributed by atoms with van der Waals surface area (Å²) >= 11 is 0. The topological polar surface area (TPSA) is 3.24 Å². The molecular formula is C30H39N. The van der Waals surface area contributed by atoms with Gasteiger partial charge < -0.3 is 4.90 Å². The van der Waals surface area contributed by atoms with Crippen LogP contribution in [-0.4, -0.2) is 5.54 Å². The molecule has 31 heavy (non-hydrogen) atoms. The van der Waals surface area contributed by atoms with Gasteiger partial charge in [-0.15, -0.1) is 0 Å². The summed E-state index contributed by atoms with van der Waals surface area (Å²) in [7, 11) is 0. The zero-order valence-corrected chi connectivity index (χ0v) is 20.7. The van der Waals surface area contributed by atoms with Crippen molar-refractivity contribution >= 4 is 11.4 Å². The van der Waals surface area contributed by atoms with Crippen LogP contribution in [0.3, 0.4) is 0 Å². The summed E-state index contributed by atoms with van der Waals surface area (Å²) in [5.74, 6) is 0.598. The van der Waals surface area contributed by atoms with E-state index in [9.17, 15) is 0 Å². The third kappa shape index (κ3) is 5.39. The van der Waals surface area contributed by atoms with Gasteiger partial charge >= 0.3 is 0 Å². The molecule has 1 heteroatoms. The minimum absolute atomic E-state index is 0.0201. The number of hydrogen-bond acceptors (Lipinski definition) is 1. The smallest absolute Gasteiger partial charge is 0.0416 e. The molecular weight excluding hydrogens is 374 g/mol. The van der Waals surface area contributed by atoms with E-state index in [-0.39, 0.29) is 11.0 Å². The lowest BCUT2D eigenvalue weighted by Crippen LogP contribution is -2.37. The normalized spacial score (nSPS) is 13.2. The Kier molecular flexibility index (Phi) is 6.65. The molecule has 0 N–H and O–H groups in total. The predicted octanol–water partition coefficient (Wildman–Crippen LogP) is 9.10. The molecule has 3 rings (SSSR count). The number of benzene rings is 3. The van der Waals surface area contributed by atoms with Gasteiger partial charge in [0.1, 0.15) is 0 Å². The van der Waals surface area contributed by atoms with Crippen LogP contribution in [0.2, 0.25) is 0 Å². The molecule has 0 radical (unpaired) electrons. The monoisotopic (exact) mass is 413 g/mol. The van der Waals surface area contributed by atoms with Crippen molar-refractivity contribution in [2.24, 2.45) is 0 Å². The second-order valence-corrected chi connectivity index (χ2v) is 10.8. The van der Waals surface area contributed by atoms with Gasteiger partial charge in [-0.1, -0.05) is 83.1 Å². The van der Waals surface area contributed by atoms with Gasteiger partial charge in [0, 0.05) is 16.9 Å². The van der Waals surface area contributed by atoms with Crippen LogP contribution in [0.5, 0.6) is 0 Å². The zero-order valence-electron chi connectivity index (χ0n) is 20.7. The van der Waals surface area contributed by atoms with Crippen molar-refractivity contribution in [1.29, 1.82) is 0 Å². The van der Waals surface area contributed by atoms with E-state index in [0.29, 0.717) is 5.92 Å². The molecule has 0 aliphatic carbocycles. The Balaban J connectivity index is 1.90. The largest absolute Gasteiger partial charge is 0.336 e. The van der Waals surface area contributed by atoms with Crippen LogP contribution in [0, 0.1) is 0 Å². The summed E-state index contributed by atoms with van der Waals surface area (Å²) < 4.78 is 0. The zero-order chi connectivity index (χ0) is 22.8. The van der Waals surface area contributed by atoms with E-state index in [2.05, 4.69) is 133 Å². The highest BCUT2D eigenvalue weighted by atomic mass is 15.2. The van der Waals surface area contributed by atoms with Gasteiger partial charge in [-0.2, -0.15) is 0 Å². The van der Waals surface area contributed by atoms with E-state index >= 15 is 0 Å². The molecule has 3 aromatic rings. The van der Waals surface area contributed by atoms with E-state index in [1.165, 1.54) is 40.0 Å². The molecule has 0 saturated carbocycles. The molecule has 1 nitrogen and oxygen atoms in total. The lowest BCUT2D eigenvalue weighted by molar-refractivity contribution is 0.560. The Morgan fingerprint density at radius 2 is 1.06 bits per heavy atom. The fourth-order valence-electron chi connectivity index (χ4n) is 4.08. The van der Waals surface area contributed by atoms with Gasteiger partial charge in [0.25, 0.3) is 0 Å². The highest BCUT2D eigenvalue weighted by molar-refractivity contribution is 5.71. The van der Waals surface area contributed by atoms with Crippen molar-refractivity contribution < 1.29 is 0 Å². The standard InChI is InChI=1S/C30H39N/c1-9-22(2)23-12-18-27(19-13-23)31(30(6,7)8)28-20-14-25(15-21-28)24-10-16-26(17-11-24)29(3,4)5/h10-22H,9H2,1-8H3. The van der Waals surface area contributed by atoms with Gasteiger partial charge in [0.15, 0.2) is 0 Å². The summed E-state index contributed by atoms with van der Waals surface area (Å²) in [5.41, 5.74) is 7.92. The summed E-state index contributed by atoms with van der Waals surface area (Å²) in [6, 6.07) is 27.1. The average Bonchev–Trinajstić information content (AvgIpc) is 2.73. The second kappa shape index (κ2) is 8.91. The molecule has 1 atom stereocenters. The first-order valence-electron chi connectivity index (χ1n) is 11.6. The summed E-state index contributed by atoms with van der Waals surface area (Å²) in [6.45, 7) is 18.1. The molecule has 1 unspecified atom stereocenters. The minimum Gasteiger partial charge on any atom is -0.336 e. The summed E-state index contributed by atoms with van der Waals surface area (Å²) in [5, 5.41) is 0. The molecule has 0 heterocycles. The first-order valence-corrected chi connectivity index (χ1v) is 11.6. The molecule has 0 aliphatic heterocycles. The molecule has 0 bridgehead atoms. The van der Waals surface area contributed by atoms with Crippen LogP contribution >= 0.6 is 0 Å². The van der Waals surface area contributed by atoms with Crippen LogP contribution in [0.1, 0.15) is 78.9 Å². The highest BCUT2D eigenvalue weighted by Crippen LogP contribution is 2.35. The molecule has 0 fully saturated rings. The van der Waals surface area contributed by atoms with Crippen LogP contribution in [0.15, 0.2) is 72.8 Å². The number of nitrogens with zero attached hydrogens (tertiary/aromatic N) is 1. The summed E-state index contributed by atoms with van der Waals surface area (Å²) in [6.07, 6.45) is 1.17. The molecule has 0 saturated heterocycles. The van der Waals surface area contributed by atoms with E-state index in [1.807, 2.05) is 0 Å². The highest BCUT2D eigenvalue weighted by Gasteiger charge is 2.23. The van der Waals surface area contributed by atoms with Gasteiger partial charge in [-0.25, -0.2) is 0 Å². The maximum absolute atomic E-state index is 2.43. The Labute approximate surface area is 190 Å². The Morgan fingerprint density at radius 1 is 0.645 bits per heavy atom. The predicted molar refractivity (Wildman–Crippen MR) is 138 cm³/mol. The van der Waals surface area contributed by atoms with E-state index in [4.69, 9.17) is 0 Å². The van der Waals surface area contributed by atoms with Crippen LogP contribution in [-0.2, 0) is 5.41 Å². The van der Waals surface area contributed by atoms with Crippen LogP contribution in [0.4, 0.5) is 11.4 Å². The molecule has 164 valence electrons. The van der Waals surface area contributed by atoms with Crippen molar-refractivity contribution in [1.82, 2.24) is 0 Å². The molecule has 0 aromatic heterocycles. The molecule has 0 spiro atoms. The third-order valence-electron chi connectivity index (χ3n) is 6.21. The van der Waals surface area contributed by atoms with Gasteiger partial charge in [-0.05, 0) is 85.0 Å². The maximum Gasteiger partial charge on any atom is 0.0416 e. The number of anilines is 2. The number of hydrogen-bond donors (Lipinski definition) is 0. The van der Waals surface area contributed by atoms with Gasteiger partial charge in [0.2, 0.25) is 0 Å². The third-order valence-corrected chi connectivity index (χ3v) is 6.21. The SMILES string of the molecule is CCC(C)c1ccc(N(c2ccc(-c3ccc(C(C)(C)C)cc3)cc2)C(C)(C)C)cc1. The average molecular weight is 414 g/mol. The fraction of sp³-hybridized carbons (Fsp3) is 0.400. The number of rotatable bonds is 5. The van der Waals surface area contributed by atoms with E-state index in [0.717, 1.165) is 0 Å². The quantitative estimate of drug-likeness (QED) is 0.403. The summed E-state index contributed by atoms with van der Waals surface area (Å²) in [4.78, 5) is 2.43. The van der Waals surface area contributed by atoms with E-state index < -0.39 is 0 Å². The van der Waals surface area contributed by atoms with Crippen LogP contribution in [0.25, 0.3) is 11.1 Å². The van der Waals surface area contributed by atoms with Crippen molar-refractivity contribution in [2.45, 2.75) is 78.7 Å². The Morgan fingerprint density at radius 3 is 1.45 bits per heavy atom. The lowest BCUT2D eigenvalue weighted by atomic mass is 9.86. The maximum atomic E-state index is 2.43. The van der Waals surface area contributed by atoms with Crippen molar-refractivity contribution in [3.8, 4) is 11.1 Å². The Bertz CT molecular complexity index is 965. The van der Waals surface area contributed by atoms with E-state index in [1.54, 1.807) is 0 Å². The minimum atomic E-state index is -0.0201. The van der Waals surface area contributed by atoms with Crippen molar-refractivity contribution in [3.05, 3.63) is 83.9 Å². The van der Waals surface area contributed by atoms with Crippen LogP contribution < -0.4 is 4.90 Å². The molecule has 0 amide bonds. The second-order valence-electron chi connectivity index (χ2n) is 10.8. The Hall–Kier alpha value is -2.54. The first kappa shape index (κ1) is 23.1.